The Labute approximate surface area is 99.0 Å². The lowest BCUT2D eigenvalue weighted by atomic mass is 9.65. The lowest BCUT2D eigenvalue weighted by Crippen LogP contribution is -2.36. The third-order valence-electron chi connectivity index (χ3n) is 6.63. The van der Waals surface area contributed by atoms with Crippen molar-refractivity contribution >= 4 is 5.78 Å². The number of carbonyl (C=O) groups is 1. The molecule has 3 rings (SSSR count). The number of fused-ring (bicyclic) bond motifs is 1. The van der Waals surface area contributed by atoms with Crippen molar-refractivity contribution in [2.24, 2.45) is 34.5 Å². The van der Waals surface area contributed by atoms with Crippen molar-refractivity contribution in [1.29, 1.82) is 0 Å². The van der Waals surface area contributed by atoms with Gasteiger partial charge in [0.25, 0.3) is 0 Å². The largest absolute Gasteiger partial charge is 0.299 e. The van der Waals surface area contributed by atoms with Gasteiger partial charge in [0.1, 0.15) is 5.78 Å². The highest BCUT2D eigenvalue weighted by Gasteiger charge is 2.66. The first-order valence-corrected chi connectivity index (χ1v) is 6.92. The minimum atomic E-state index is 0.318. The highest BCUT2D eigenvalue weighted by molar-refractivity contribution is 5.83. The molecule has 2 bridgehead atoms. The molecule has 0 N–H and O–H groups in total. The molecule has 0 aromatic rings. The summed E-state index contributed by atoms with van der Waals surface area (Å²) < 4.78 is 0. The van der Waals surface area contributed by atoms with Crippen molar-refractivity contribution in [3.05, 3.63) is 0 Å². The number of Topliss-reactive ketones (excluding diaryl/α,β-unsaturated/α-hetero) is 1. The number of hydrogen-bond acceptors (Lipinski definition) is 1. The zero-order valence-electron chi connectivity index (χ0n) is 11.0. The van der Waals surface area contributed by atoms with Gasteiger partial charge in [-0.1, -0.05) is 27.7 Å². The Kier molecular flexibility index (Phi) is 1.97. The first-order valence-electron chi connectivity index (χ1n) is 6.92. The maximum absolute atomic E-state index is 12.2. The van der Waals surface area contributed by atoms with Crippen LogP contribution in [0.15, 0.2) is 0 Å². The van der Waals surface area contributed by atoms with Crippen LogP contribution in [0.4, 0.5) is 0 Å². The lowest BCUT2D eigenvalue weighted by Gasteiger charge is -2.38. The third-order valence-corrected chi connectivity index (χ3v) is 6.63. The second-order valence-electron chi connectivity index (χ2n) is 7.33. The quantitative estimate of drug-likeness (QED) is 0.608. The summed E-state index contributed by atoms with van der Waals surface area (Å²) in [6.45, 7) is 9.42. The molecule has 3 saturated carbocycles. The Morgan fingerprint density at radius 1 is 1.19 bits per heavy atom. The van der Waals surface area contributed by atoms with Crippen LogP contribution in [0.1, 0.15) is 53.4 Å². The first-order chi connectivity index (χ1) is 7.39. The maximum Gasteiger partial charge on any atom is 0.136 e. The standard InChI is InChI=1S/C15H24O/c1-9-5-6-13-14(3,4)11-7-15(9,13)8-12(16)10(11)2/h9-11,13H,5-8H2,1-4H3/t9-,10-,11+,13?,15-/m1/s1. The molecule has 3 aliphatic rings. The van der Waals surface area contributed by atoms with Gasteiger partial charge in [-0.2, -0.15) is 0 Å². The van der Waals surface area contributed by atoms with E-state index in [9.17, 15) is 4.79 Å². The lowest BCUT2D eigenvalue weighted by molar-refractivity contribution is -0.130. The van der Waals surface area contributed by atoms with Crippen LogP contribution >= 0.6 is 0 Å². The van der Waals surface area contributed by atoms with E-state index in [0.717, 1.165) is 18.3 Å². The highest BCUT2D eigenvalue weighted by atomic mass is 16.1. The third kappa shape index (κ3) is 1.01. The fourth-order valence-corrected chi connectivity index (χ4v) is 5.62. The topological polar surface area (TPSA) is 17.1 Å². The van der Waals surface area contributed by atoms with Crippen molar-refractivity contribution < 1.29 is 4.79 Å². The summed E-state index contributed by atoms with van der Waals surface area (Å²) in [6.07, 6.45) is 4.94. The van der Waals surface area contributed by atoms with E-state index < -0.39 is 0 Å². The molecule has 1 spiro atoms. The Morgan fingerprint density at radius 2 is 1.88 bits per heavy atom. The molecule has 90 valence electrons. The van der Waals surface area contributed by atoms with E-state index in [-0.39, 0.29) is 0 Å². The number of rotatable bonds is 0. The minimum Gasteiger partial charge on any atom is -0.299 e. The van der Waals surface area contributed by atoms with Crippen LogP contribution < -0.4 is 0 Å². The predicted octanol–water partition coefficient (Wildman–Crippen LogP) is 3.67. The monoisotopic (exact) mass is 220 g/mol. The summed E-state index contributed by atoms with van der Waals surface area (Å²) in [7, 11) is 0. The summed E-state index contributed by atoms with van der Waals surface area (Å²) in [5.74, 6) is 3.12. The van der Waals surface area contributed by atoms with Gasteiger partial charge < -0.3 is 0 Å². The average molecular weight is 220 g/mol. The van der Waals surface area contributed by atoms with Crippen molar-refractivity contribution in [2.75, 3.05) is 0 Å². The molecule has 0 aliphatic heterocycles. The van der Waals surface area contributed by atoms with Gasteiger partial charge >= 0.3 is 0 Å². The Balaban J connectivity index is 2.10. The van der Waals surface area contributed by atoms with Crippen molar-refractivity contribution in [2.45, 2.75) is 53.4 Å². The van der Waals surface area contributed by atoms with E-state index in [1.807, 2.05) is 0 Å². The van der Waals surface area contributed by atoms with Gasteiger partial charge in [-0.15, -0.1) is 0 Å². The van der Waals surface area contributed by atoms with Gasteiger partial charge in [0.15, 0.2) is 0 Å². The molecule has 3 fully saturated rings. The number of ketones is 1. The van der Waals surface area contributed by atoms with Crippen molar-refractivity contribution in [3.8, 4) is 0 Å². The zero-order valence-corrected chi connectivity index (χ0v) is 11.0. The highest BCUT2D eigenvalue weighted by Crippen LogP contribution is 2.71. The van der Waals surface area contributed by atoms with Crippen LogP contribution in [0.5, 0.6) is 0 Å². The van der Waals surface area contributed by atoms with Crippen LogP contribution in [0.25, 0.3) is 0 Å². The second kappa shape index (κ2) is 2.91. The zero-order chi connectivity index (χ0) is 11.7. The van der Waals surface area contributed by atoms with E-state index in [4.69, 9.17) is 0 Å². The van der Waals surface area contributed by atoms with Gasteiger partial charge in [0.2, 0.25) is 0 Å². The normalized spacial score (nSPS) is 54.1. The SMILES string of the molecule is C[C@@H]1CCC2C(C)(C)[C@H]3C[C@]21CC(=O)[C@@H]3C. The van der Waals surface area contributed by atoms with E-state index >= 15 is 0 Å². The Hall–Kier alpha value is -0.330. The number of carbonyl (C=O) groups excluding carboxylic acids is 1. The molecule has 16 heavy (non-hydrogen) atoms. The van der Waals surface area contributed by atoms with Gasteiger partial charge in [0.05, 0.1) is 0 Å². The van der Waals surface area contributed by atoms with Crippen LogP contribution in [-0.2, 0) is 4.79 Å². The van der Waals surface area contributed by atoms with E-state index in [0.29, 0.717) is 28.4 Å². The molecule has 0 amide bonds. The van der Waals surface area contributed by atoms with E-state index in [1.165, 1.54) is 19.3 Å². The average Bonchev–Trinajstić information content (AvgIpc) is 2.59. The van der Waals surface area contributed by atoms with Crippen molar-refractivity contribution in [3.63, 3.8) is 0 Å². The summed E-state index contributed by atoms with van der Waals surface area (Å²) in [4.78, 5) is 12.2. The fourth-order valence-electron chi connectivity index (χ4n) is 5.62. The molecular weight excluding hydrogens is 196 g/mol. The molecule has 1 unspecified atom stereocenters. The molecule has 0 heterocycles. The molecule has 1 nitrogen and oxygen atoms in total. The van der Waals surface area contributed by atoms with E-state index in [2.05, 4.69) is 27.7 Å². The van der Waals surface area contributed by atoms with Crippen LogP contribution in [-0.4, -0.2) is 5.78 Å². The Bertz CT molecular complexity index is 343. The van der Waals surface area contributed by atoms with Crippen LogP contribution in [0.3, 0.4) is 0 Å². The maximum atomic E-state index is 12.2. The second-order valence-corrected chi connectivity index (χ2v) is 7.33. The number of hydrogen-bond donors (Lipinski definition) is 0. The minimum absolute atomic E-state index is 0.318. The smallest absolute Gasteiger partial charge is 0.136 e. The van der Waals surface area contributed by atoms with Gasteiger partial charge in [-0.05, 0) is 47.8 Å². The molecule has 3 aliphatic carbocycles. The molecule has 5 atom stereocenters. The van der Waals surface area contributed by atoms with E-state index in [1.54, 1.807) is 0 Å². The summed E-state index contributed by atoms with van der Waals surface area (Å²) in [6, 6.07) is 0. The fraction of sp³-hybridized carbons (Fsp3) is 0.933. The van der Waals surface area contributed by atoms with Gasteiger partial charge in [-0.3, -0.25) is 4.79 Å². The molecule has 0 radical (unpaired) electrons. The Morgan fingerprint density at radius 3 is 2.56 bits per heavy atom. The van der Waals surface area contributed by atoms with Crippen molar-refractivity contribution in [1.82, 2.24) is 0 Å². The molecular formula is C15H24O. The summed E-state index contributed by atoms with van der Waals surface area (Å²) in [5.41, 5.74) is 0.800. The summed E-state index contributed by atoms with van der Waals surface area (Å²) in [5, 5.41) is 0. The molecule has 0 saturated heterocycles. The summed E-state index contributed by atoms with van der Waals surface area (Å²) >= 11 is 0. The molecule has 0 aromatic heterocycles. The van der Waals surface area contributed by atoms with Gasteiger partial charge in [0, 0.05) is 12.3 Å². The predicted molar refractivity (Wildman–Crippen MR) is 65.0 cm³/mol. The molecule has 0 aromatic carbocycles. The first kappa shape index (κ1) is 10.8. The van der Waals surface area contributed by atoms with Crippen LogP contribution in [0.2, 0.25) is 0 Å². The molecule has 1 heteroatoms. The van der Waals surface area contributed by atoms with Crippen LogP contribution in [0, 0.1) is 34.5 Å². The van der Waals surface area contributed by atoms with Gasteiger partial charge in [-0.25, -0.2) is 0 Å².